The predicted molar refractivity (Wildman–Crippen MR) is 137 cm³/mol. The molecule has 0 radical (unpaired) electrons. The molecule has 0 unspecified atom stereocenters. The normalized spacial score (nSPS) is 17.4. The zero-order valence-electron chi connectivity index (χ0n) is 20.6. The fraction of sp³-hybridized carbons (Fsp3) is 0.462. The van der Waals surface area contributed by atoms with Crippen LogP contribution in [-0.4, -0.2) is 42.5 Å². The largest absolute Gasteiger partial charge is 0.416 e. The molecule has 0 saturated carbocycles. The summed E-state index contributed by atoms with van der Waals surface area (Å²) in [7, 11) is 0. The van der Waals surface area contributed by atoms with Gasteiger partial charge in [-0.25, -0.2) is 0 Å². The number of fused-ring (bicyclic) bond motifs is 2. The molecule has 2 aromatic rings. The Balaban J connectivity index is 1.54. The van der Waals surface area contributed by atoms with Gasteiger partial charge in [-0.15, -0.1) is 11.8 Å². The first-order chi connectivity index (χ1) is 17.1. The van der Waals surface area contributed by atoms with Crippen LogP contribution in [0, 0.1) is 5.41 Å². The molecule has 2 aliphatic heterocycles. The molecule has 192 valence electrons. The maximum absolute atomic E-state index is 12.4. The number of ether oxygens (including phenoxy) is 2. The number of thioether (sulfide) groups is 1. The van der Waals surface area contributed by atoms with Gasteiger partial charge in [0.25, 0.3) is 11.7 Å². The molecule has 2 aliphatic rings. The molecule has 36 heavy (non-hydrogen) atoms. The van der Waals surface area contributed by atoms with Crippen molar-refractivity contribution in [1.82, 2.24) is 15.6 Å². The quantitative estimate of drug-likeness (QED) is 0.441. The van der Waals surface area contributed by atoms with E-state index in [-0.39, 0.29) is 30.7 Å². The summed E-state index contributed by atoms with van der Waals surface area (Å²) in [6, 6.07) is 7.09. The number of carbonyl (C=O) groups excluding carboxylic acids is 3. The number of aromatic nitrogens is 1. The van der Waals surface area contributed by atoms with Crippen LogP contribution in [0.2, 0.25) is 5.02 Å². The third-order valence-electron chi connectivity index (χ3n) is 5.85. The maximum atomic E-state index is 12.4. The number of hydrogen-bond donors (Lipinski definition) is 2. The van der Waals surface area contributed by atoms with Crippen molar-refractivity contribution >= 4 is 41.2 Å². The Hall–Kier alpha value is -2.62. The lowest BCUT2D eigenvalue weighted by molar-refractivity contribution is -0.225. The number of hydrogen-bond acceptors (Lipinski definition) is 8. The first kappa shape index (κ1) is 26.4. The highest BCUT2D eigenvalue weighted by Crippen LogP contribution is 2.42. The van der Waals surface area contributed by atoms with E-state index in [2.05, 4.69) is 36.4 Å². The summed E-state index contributed by atoms with van der Waals surface area (Å²) in [6.45, 7) is 7.52. The van der Waals surface area contributed by atoms with Gasteiger partial charge in [0.2, 0.25) is 0 Å². The average Bonchev–Trinajstić information content (AvgIpc) is 3.09. The first-order valence-electron chi connectivity index (χ1n) is 11.9. The van der Waals surface area contributed by atoms with Gasteiger partial charge in [0, 0.05) is 29.0 Å². The maximum Gasteiger partial charge on any atom is 0.309 e. The zero-order valence-corrected chi connectivity index (χ0v) is 22.2. The smallest absolute Gasteiger partial charge is 0.309 e. The lowest BCUT2D eigenvalue weighted by atomic mass is 9.97. The third-order valence-corrected chi connectivity index (χ3v) is 7.48. The van der Waals surface area contributed by atoms with Gasteiger partial charge in [0.15, 0.2) is 0 Å². The van der Waals surface area contributed by atoms with Crippen molar-refractivity contribution in [2.24, 2.45) is 5.41 Å². The molecular weight excluding hydrogens is 502 g/mol. The highest BCUT2D eigenvalue weighted by Gasteiger charge is 2.46. The summed E-state index contributed by atoms with van der Waals surface area (Å²) in [4.78, 5) is 42.3. The Bertz CT molecular complexity index is 1150. The number of pyridine rings is 1. The Morgan fingerprint density at radius 3 is 2.50 bits per heavy atom. The fourth-order valence-corrected chi connectivity index (χ4v) is 5.43. The van der Waals surface area contributed by atoms with Crippen LogP contribution in [0.3, 0.4) is 0 Å². The number of rotatable bonds is 5. The molecule has 0 bridgehead atoms. The predicted octanol–water partition coefficient (Wildman–Crippen LogP) is 3.98. The molecule has 1 saturated heterocycles. The summed E-state index contributed by atoms with van der Waals surface area (Å²) < 4.78 is 11.4. The van der Waals surface area contributed by atoms with E-state index in [1.165, 1.54) is 11.8 Å². The highest BCUT2D eigenvalue weighted by atomic mass is 35.5. The van der Waals surface area contributed by atoms with E-state index in [1.807, 2.05) is 6.07 Å². The van der Waals surface area contributed by atoms with Crippen LogP contribution < -0.4 is 10.6 Å². The third kappa shape index (κ3) is 6.19. The van der Waals surface area contributed by atoms with Gasteiger partial charge >= 0.3 is 11.9 Å². The van der Waals surface area contributed by atoms with E-state index >= 15 is 0 Å². The van der Waals surface area contributed by atoms with Gasteiger partial charge < -0.3 is 20.1 Å². The van der Waals surface area contributed by atoms with Gasteiger partial charge in [0.05, 0.1) is 35.7 Å². The van der Waals surface area contributed by atoms with Crippen molar-refractivity contribution in [3.8, 4) is 0 Å². The Morgan fingerprint density at radius 1 is 1.14 bits per heavy atom. The number of amides is 1. The average molecular weight is 532 g/mol. The van der Waals surface area contributed by atoms with Crippen molar-refractivity contribution in [2.75, 3.05) is 19.6 Å². The van der Waals surface area contributed by atoms with E-state index < -0.39 is 17.7 Å². The van der Waals surface area contributed by atoms with Crippen molar-refractivity contribution in [3.05, 3.63) is 57.9 Å². The monoisotopic (exact) mass is 531 g/mol. The van der Waals surface area contributed by atoms with Crippen LogP contribution in [0.15, 0.2) is 35.4 Å². The van der Waals surface area contributed by atoms with E-state index in [1.54, 1.807) is 24.4 Å². The standard InChI is InChI=1S/C26H30ClN3O5S/c1-25(2,3)14-30-24(33)16-4-5-17(29-12-16)13-36-23-18-10-11-28-15-26(19(18)6-7-20(23)27)34-21(31)8-9-22(32)35-26/h4-7,12,28H,8-11,13-15H2,1-3H3,(H,30,33). The van der Waals surface area contributed by atoms with Crippen LogP contribution in [0.4, 0.5) is 0 Å². The van der Waals surface area contributed by atoms with Crippen molar-refractivity contribution in [3.63, 3.8) is 0 Å². The lowest BCUT2D eigenvalue weighted by Gasteiger charge is -2.32. The molecule has 1 aromatic heterocycles. The number of nitrogens with zero attached hydrogens (tertiary/aromatic N) is 1. The van der Waals surface area contributed by atoms with Gasteiger partial charge in [-0.1, -0.05) is 32.4 Å². The topological polar surface area (TPSA) is 107 Å². The summed E-state index contributed by atoms with van der Waals surface area (Å²) in [5.41, 5.74) is 2.79. The van der Waals surface area contributed by atoms with Crippen molar-refractivity contribution in [2.45, 2.75) is 56.5 Å². The van der Waals surface area contributed by atoms with E-state index in [0.717, 1.165) is 16.2 Å². The van der Waals surface area contributed by atoms with Gasteiger partial charge in [0.1, 0.15) is 0 Å². The van der Waals surface area contributed by atoms with Crippen LogP contribution in [0.1, 0.15) is 60.8 Å². The second kappa shape index (κ2) is 10.8. The second-order valence-electron chi connectivity index (χ2n) is 10.1. The number of halogens is 1. The molecule has 1 spiro atoms. The fourth-order valence-electron chi connectivity index (χ4n) is 4.04. The van der Waals surface area contributed by atoms with Gasteiger partial charge in [-0.2, -0.15) is 0 Å². The number of carbonyl (C=O) groups is 3. The van der Waals surface area contributed by atoms with Gasteiger partial charge in [-0.3, -0.25) is 19.4 Å². The van der Waals surface area contributed by atoms with E-state index in [0.29, 0.717) is 41.4 Å². The molecule has 1 aromatic carbocycles. The molecular formula is C26H30ClN3O5S. The number of benzene rings is 1. The van der Waals surface area contributed by atoms with Crippen molar-refractivity contribution < 1.29 is 23.9 Å². The van der Waals surface area contributed by atoms with Crippen LogP contribution in [0.25, 0.3) is 0 Å². The van der Waals surface area contributed by atoms with Crippen LogP contribution in [0.5, 0.6) is 0 Å². The van der Waals surface area contributed by atoms with E-state index in [4.69, 9.17) is 21.1 Å². The Labute approximate surface area is 219 Å². The minimum atomic E-state index is -1.52. The molecule has 1 fully saturated rings. The summed E-state index contributed by atoms with van der Waals surface area (Å²) in [6.07, 6.45) is 2.17. The summed E-state index contributed by atoms with van der Waals surface area (Å²) >= 11 is 8.11. The SMILES string of the molecule is CC(C)(C)CNC(=O)c1ccc(CSc2c(Cl)ccc3c2CCNCC32OC(=O)CCC(=O)O2)nc1. The highest BCUT2D eigenvalue weighted by molar-refractivity contribution is 7.98. The molecule has 0 atom stereocenters. The second-order valence-corrected chi connectivity index (χ2v) is 11.5. The molecule has 0 aliphatic carbocycles. The van der Waals surface area contributed by atoms with E-state index in [9.17, 15) is 14.4 Å². The minimum Gasteiger partial charge on any atom is -0.416 e. The molecule has 4 rings (SSSR count). The summed E-state index contributed by atoms with van der Waals surface area (Å²) in [5, 5.41) is 6.70. The lowest BCUT2D eigenvalue weighted by Crippen LogP contribution is -2.43. The van der Waals surface area contributed by atoms with Crippen molar-refractivity contribution in [1.29, 1.82) is 0 Å². The first-order valence-corrected chi connectivity index (χ1v) is 13.2. The number of esters is 2. The zero-order chi connectivity index (χ0) is 25.9. The van der Waals surface area contributed by atoms with Gasteiger partial charge in [-0.05, 0) is 48.2 Å². The summed E-state index contributed by atoms with van der Waals surface area (Å²) in [5.74, 6) is -2.11. The number of nitrogens with one attached hydrogen (secondary N) is 2. The minimum absolute atomic E-state index is 0.00580. The Morgan fingerprint density at radius 2 is 1.86 bits per heavy atom. The van der Waals surface area contributed by atoms with Crippen LogP contribution in [-0.2, 0) is 37.0 Å². The molecule has 2 N–H and O–H groups in total. The van der Waals surface area contributed by atoms with Crippen LogP contribution >= 0.6 is 23.4 Å². The molecule has 1 amide bonds. The molecule has 3 heterocycles. The Kier molecular flexibility index (Phi) is 7.92. The molecule has 10 heteroatoms. The molecule has 8 nitrogen and oxygen atoms in total.